The molecular weight excluding hydrogens is 1650 g/mol. The van der Waals surface area contributed by atoms with Crippen molar-refractivity contribution in [2.45, 2.75) is 59.7 Å². The van der Waals surface area contributed by atoms with Gasteiger partial charge in [-0.15, -0.1) is 5.10 Å². The minimum absolute atomic E-state index is 0.0707. The summed E-state index contributed by atoms with van der Waals surface area (Å²) in [6.45, 7) is 13.3. The SMILES string of the molecule is COC(=O)c1cc(-c2ccc(C)cn2)cc(-n2cnnn2)c1.COC(=O)c1cc(-c2ccc(C)cn2)cc([N+](=O)[O-])c1.COC(=O)c1cc(B2OC(C)(C)C(C)(C)O2)cc([N+](=O)[O-])c1.COC(=O)c1cc(I)cc([N+](=O)[O-])c1.COC(=O)c1cc(N)cc(-c2ccc(C)cn2)c1.O=C(O)c1cc(I)cc([N+](=O)[O-])c1. The molecule has 3 N–H and O–H groups in total. The van der Waals surface area contributed by atoms with Crippen molar-refractivity contribution in [1.29, 1.82) is 0 Å². The Morgan fingerprint density at radius 1 is 0.459 bits per heavy atom. The van der Waals surface area contributed by atoms with E-state index in [1.54, 1.807) is 55.0 Å². The van der Waals surface area contributed by atoms with E-state index >= 15 is 0 Å². The average molecular weight is 1720 g/mol. The van der Waals surface area contributed by atoms with Crippen molar-refractivity contribution in [1.82, 2.24) is 35.2 Å². The number of nitrogen functional groups attached to an aromatic ring is 1. The lowest BCUT2D eigenvalue weighted by Gasteiger charge is -2.32. The van der Waals surface area contributed by atoms with E-state index in [1.165, 1.54) is 113 Å². The molecule has 109 heavy (non-hydrogen) atoms. The van der Waals surface area contributed by atoms with Crippen LogP contribution in [0.2, 0.25) is 0 Å². The van der Waals surface area contributed by atoms with Gasteiger partial charge in [-0.2, -0.15) is 0 Å². The number of carbonyl (C=O) groups is 6. The topological polar surface area (TPSA) is 468 Å². The molecule has 0 radical (unpaired) electrons. The molecule has 0 atom stereocenters. The van der Waals surface area contributed by atoms with E-state index in [0.29, 0.717) is 46.4 Å². The predicted octanol–water partition coefficient (Wildman–Crippen LogP) is 12.6. The quantitative estimate of drug-likeness (QED) is 0.0183. The molecular formula is C72H67BI2N12O22. The van der Waals surface area contributed by atoms with Crippen LogP contribution in [0.5, 0.6) is 0 Å². The van der Waals surface area contributed by atoms with Crippen molar-refractivity contribution in [3.63, 3.8) is 0 Å². The number of nitro groups is 4. The van der Waals surface area contributed by atoms with E-state index in [9.17, 15) is 69.2 Å². The Labute approximate surface area is 648 Å². The van der Waals surface area contributed by atoms with Crippen molar-refractivity contribution in [3.05, 3.63) is 268 Å². The van der Waals surface area contributed by atoms with Crippen LogP contribution in [0.25, 0.3) is 39.5 Å². The van der Waals surface area contributed by atoms with Crippen LogP contribution in [0.3, 0.4) is 0 Å². The van der Waals surface area contributed by atoms with Crippen LogP contribution in [-0.4, -0.2) is 150 Å². The highest BCUT2D eigenvalue weighted by Gasteiger charge is 2.52. The average Bonchev–Trinajstić information content (AvgIpc) is 1.63. The molecule has 0 spiro atoms. The summed E-state index contributed by atoms with van der Waals surface area (Å²) >= 11 is 3.73. The fraction of sp³-hybridized carbons (Fsp3) is 0.194. The molecule has 1 aliphatic rings. The summed E-state index contributed by atoms with van der Waals surface area (Å²) in [6, 6.07) is 37.6. The van der Waals surface area contributed by atoms with Crippen molar-refractivity contribution < 1.29 is 86.6 Å². The third kappa shape index (κ3) is 24.3. The number of carboxylic acids is 1. The Bertz CT molecular complexity index is 4990. The van der Waals surface area contributed by atoms with E-state index in [4.69, 9.17) is 24.9 Å². The highest BCUT2D eigenvalue weighted by atomic mass is 127. The lowest BCUT2D eigenvalue weighted by molar-refractivity contribution is -0.385. The van der Waals surface area contributed by atoms with E-state index in [0.717, 1.165) is 45.3 Å². The number of aromatic carboxylic acids is 1. The maximum atomic E-state index is 11.9. The lowest BCUT2D eigenvalue weighted by Crippen LogP contribution is -2.41. The van der Waals surface area contributed by atoms with E-state index in [1.807, 2.05) is 130 Å². The fourth-order valence-electron chi connectivity index (χ4n) is 9.27. The number of hydrogen-bond donors (Lipinski definition) is 2. The highest BCUT2D eigenvalue weighted by Crippen LogP contribution is 2.37. The second kappa shape index (κ2) is 38.7. The van der Waals surface area contributed by atoms with E-state index < -0.39 is 73.8 Å². The number of esters is 5. The number of methoxy groups -OCH3 is 5. The van der Waals surface area contributed by atoms with Crippen LogP contribution >= 0.6 is 45.2 Å². The third-order valence-corrected chi connectivity index (χ3v) is 16.7. The van der Waals surface area contributed by atoms with Crippen LogP contribution in [-0.2, 0) is 33.0 Å². The molecule has 564 valence electrons. The molecule has 0 saturated carbocycles. The molecule has 4 aromatic heterocycles. The Morgan fingerprint density at radius 3 is 1.17 bits per heavy atom. The van der Waals surface area contributed by atoms with Crippen molar-refractivity contribution in [2.24, 2.45) is 0 Å². The maximum Gasteiger partial charge on any atom is 0.495 e. The largest absolute Gasteiger partial charge is 0.495 e. The standard InChI is InChI=1S/C15H13N5O2.C14H18BNO6.C14H12N2O4.C14H14N2O2.C8H6INO4.C7H4INO4/c1-10-3-4-14(16-8-10)11-5-12(15(21)22-2)7-13(6-11)20-9-17-18-19-20;1-13(2)14(3,4)22-15(21-13)10-6-9(12(17)20-5)7-11(8-10)16(18)19;1-9-3-4-13(15-8-9)10-5-11(14(17)20-2)7-12(6-10)16(18)19;1-9-3-4-13(16-8-9)10-5-11(14(17)18-2)7-12(15)6-10;1-14-8(11)5-2-6(9)4-7(3-5)10(12)13;8-5-1-4(7(10)11)2-6(3-5)9(12)13/h3-9H,1-2H3;6-8H,1-5H3;3-8H,1-2H3;3-8H,15H2,1-2H3;2-4H,1H3;1-3H,(H,10,11). The van der Waals surface area contributed by atoms with Gasteiger partial charge in [0.2, 0.25) is 0 Å². The number of aromatic nitrogens is 7. The summed E-state index contributed by atoms with van der Waals surface area (Å²) in [5.41, 5.74) is 14.0. The molecule has 1 saturated heterocycles. The first-order valence-electron chi connectivity index (χ1n) is 31.5. The number of nitrogens with zero attached hydrogens (tertiary/aromatic N) is 11. The van der Waals surface area contributed by atoms with Gasteiger partial charge in [0.1, 0.15) is 6.33 Å². The van der Waals surface area contributed by atoms with Crippen LogP contribution in [0.4, 0.5) is 28.4 Å². The summed E-state index contributed by atoms with van der Waals surface area (Å²) in [7, 11) is 5.58. The van der Waals surface area contributed by atoms with Gasteiger partial charge in [-0.25, -0.2) is 33.4 Å². The summed E-state index contributed by atoms with van der Waals surface area (Å²) in [4.78, 5) is 122. The summed E-state index contributed by atoms with van der Waals surface area (Å²) in [6.07, 6.45) is 6.67. The second-order valence-electron chi connectivity index (χ2n) is 23.9. The van der Waals surface area contributed by atoms with Gasteiger partial charge in [-0.05, 0) is 205 Å². The number of hydrogen-bond acceptors (Lipinski definition) is 28. The minimum atomic E-state index is -1.17. The Hall–Kier alpha value is -12.5. The molecule has 1 aliphatic heterocycles. The van der Waals surface area contributed by atoms with Gasteiger partial charge in [0.05, 0.1) is 123 Å². The first kappa shape index (κ1) is 85.4. The number of pyridine rings is 3. The second-order valence-corrected chi connectivity index (χ2v) is 26.4. The number of anilines is 1. The number of benzene rings is 6. The number of non-ortho nitro benzene ring substituents is 4. The molecule has 0 amide bonds. The summed E-state index contributed by atoms with van der Waals surface area (Å²) in [5, 5.41) is 62.4. The van der Waals surface area contributed by atoms with Crippen LogP contribution in [0.15, 0.2) is 171 Å². The third-order valence-electron chi connectivity index (χ3n) is 15.5. The molecule has 0 bridgehead atoms. The molecule has 0 aliphatic carbocycles. The number of carboxylic acid groups (broad SMARTS) is 1. The Kier molecular flexibility index (Phi) is 30.3. The molecule has 1 fully saturated rings. The fourth-order valence-corrected chi connectivity index (χ4v) is 10.6. The van der Waals surface area contributed by atoms with Gasteiger partial charge >= 0.3 is 42.9 Å². The van der Waals surface area contributed by atoms with Gasteiger partial charge in [-0.1, -0.05) is 18.2 Å². The number of nitro benzene ring substituents is 4. The van der Waals surface area contributed by atoms with Crippen molar-refractivity contribution in [3.8, 4) is 39.5 Å². The molecule has 34 nitrogen and oxygen atoms in total. The number of carbonyl (C=O) groups excluding carboxylic acids is 5. The molecule has 6 aromatic carbocycles. The monoisotopic (exact) mass is 1720 g/mol. The number of aryl methyl sites for hydroxylation is 3. The Morgan fingerprint density at radius 2 is 0.798 bits per heavy atom. The molecule has 10 aromatic rings. The Balaban J connectivity index is 0.000000206. The smallest absolute Gasteiger partial charge is 0.478 e. The first-order chi connectivity index (χ1) is 51.4. The molecule has 11 rings (SSSR count). The minimum Gasteiger partial charge on any atom is -0.478 e. The van der Waals surface area contributed by atoms with E-state index in [2.05, 4.69) is 49.4 Å². The summed E-state index contributed by atoms with van der Waals surface area (Å²) in [5.74, 6) is -3.85. The highest BCUT2D eigenvalue weighted by molar-refractivity contribution is 14.1. The predicted molar refractivity (Wildman–Crippen MR) is 411 cm³/mol. The number of nitrogens with two attached hydrogens (primary N) is 1. The van der Waals surface area contributed by atoms with Crippen molar-refractivity contribution in [2.75, 3.05) is 41.3 Å². The number of rotatable bonds is 15. The van der Waals surface area contributed by atoms with Gasteiger partial charge in [0.25, 0.3) is 22.7 Å². The van der Waals surface area contributed by atoms with Gasteiger partial charge in [0.15, 0.2) is 0 Å². The first-order valence-corrected chi connectivity index (χ1v) is 33.6. The maximum absolute atomic E-state index is 11.9. The lowest BCUT2D eigenvalue weighted by atomic mass is 9.78. The molecule has 37 heteroatoms. The molecule has 5 heterocycles. The van der Waals surface area contributed by atoms with E-state index in [-0.39, 0.29) is 45.0 Å². The van der Waals surface area contributed by atoms with Gasteiger partial charge in [0, 0.05) is 96.6 Å². The molecule has 0 unspecified atom stereocenters. The van der Waals surface area contributed by atoms with Gasteiger partial charge < -0.3 is 43.8 Å². The number of tetrazole rings is 1. The zero-order valence-corrected chi connectivity index (χ0v) is 64.3. The van der Waals surface area contributed by atoms with Crippen LogP contribution < -0.4 is 11.2 Å². The summed E-state index contributed by atoms with van der Waals surface area (Å²) < 4.78 is 37.5. The normalized spacial score (nSPS) is 11.9. The zero-order valence-electron chi connectivity index (χ0n) is 60.0. The van der Waals surface area contributed by atoms with Crippen LogP contribution in [0.1, 0.15) is 107 Å². The van der Waals surface area contributed by atoms with Crippen molar-refractivity contribution >= 4 is 122 Å². The zero-order chi connectivity index (χ0) is 80.8. The number of halogens is 2. The van der Waals surface area contributed by atoms with Gasteiger partial charge in [-0.3, -0.25) is 55.4 Å². The van der Waals surface area contributed by atoms with Crippen LogP contribution in [0, 0.1) is 68.4 Å². The number of ether oxygens (including phenoxy) is 5.